The third kappa shape index (κ3) is 3.00. The summed E-state index contributed by atoms with van der Waals surface area (Å²) in [5.74, 6) is 0.592. The maximum Gasteiger partial charge on any atom is 0.282 e. The molecule has 1 fully saturated rings. The van der Waals surface area contributed by atoms with Crippen molar-refractivity contribution < 1.29 is 4.79 Å². The Morgan fingerprint density at radius 1 is 1.48 bits per heavy atom. The molecule has 1 aliphatic rings. The van der Waals surface area contributed by atoms with E-state index in [2.05, 4.69) is 10.3 Å². The molecule has 3 rings (SSSR count). The molecule has 2 aromatic rings. The Morgan fingerprint density at radius 3 is 3.00 bits per heavy atom. The Bertz CT molecular complexity index is 713. The van der Waals surface area contributed by atoms with Crippen LogP contribution in [0.5, 0.6) is 0 Å². The SMILES string of the molecule is Cc1nc2sccn2c(=O)c1NC(=O)CCC1CCCC1. The fraction of sp³-hybridized carbons (Fsp3) is 0.533. The maximum absolute atomic E-state index is 12.3. The number of hydrogen-bond acceptors (Lipinski definition) is 4. The molecule has 1 amide bonds. The minimum absolute atomic E-state index is 0.0842. The molecular formula is C15H19N3O2S. The smallest absolute Gasteiger partial charge is 0.282 e. The molecule has 2 aromatic heterocycles. The first-order chi connectivity index (χ1) is 10.1. The van der Waals surface area contributed by atoms with Crippen molar-refractivity contribution in [2.45, 2.75) is 45.4 Å². The number of thiazole rings is 1. The van der Waals surface area contributed by atoms with E-state index < -0.39 is 0 Å². The van der Waals surface area contributed by atoms with Crippen LogP contribution in [0.25, 0.3) is 4.96 Å². The van der Waals surface area contributed by atoms with Gasteiger partial charge in [-0.25, -0.2) is 4.98 Å². The predicted molar refractivity (Wildman–Crippen MR) is 83.9 cm³/mol. The van der Waals surface area contributed by atoms with Gasteiger partial charge in [0.25, 0.3) is 5.56 Å². The van der Waals surface area contributed by atoms with E-state index in [0.29, 0.717) is 28.7 Å². The molecule has 6 heteroatoms. The number of amides is 1. The molecule has 5 nitrogen and oxygen atoms in total. The molecular weight excluding hydrogens is 286 g/mol. The van der Waals surface area contributed by atoms with E-state index in [9.17, 15) is 9.59 Å². The number of anilines is 1. The van der Waals surface area contributed by atoms with Gasteiger partial charge in [-0.2, -0.15) is 0 Å². The van der Waals surface area contributed by atoms with Gasteiger partial charge in [0.15, 0.2) is 4.96 Å². The van der Waals surface area contributed by atoms with E-state index in [1.54, 1.807) is 13.1 Å². The van der Waals surface area contributed by atoms with Crippen LogP contribution in [0.4, 0.5) is 5.69 Å². The van der Waals surface area contributed by atoms with Crippen LogP contribution in [-0.2, 0) is 4.79 Å². The lowest BCUT2D eigenvalue weighted by molar-refractivity contribution is -0.116. The molecule has 1 N–H and O–H groups in total. The van der Waals surface area contributed by atoms with Gasteiger partial charge in [-0.15, -0.1) is 11.3 Å². The zero-order chi connectivity index (χ0) is 14.8. The molecule has 0 spiro atoms. The van der Waals surface area contributed by atoms with Gasteiger partial charge >= 0.3 is 0 Å². The first-order valence-corrected chi connectivity index (χ1v) is 8.29. The Hall–Kier alpha value is -1.69. The number of fused-ring (bicyclic) bond motifs is 1. The quantitative estimate of drug-likeness (QED) is 0.944. The van der Waals surface area contributed by atoms with Crippen molar-refractivity contribution in [1.29, 1.82) is 0 Å². The topological polar surface area (TPSA) is 63.5 Å². The lowest BCUT2D eigenvalue weighted by atomic mass is 10.0. The van der Waals surface area contributed by atoms with Crippen LogP contribution in [0.3, 0.4) is 0 Å². The predicted octanol–water partition coefficient (Wildman–Crippen LogP) is 2.97. The number of aryl methyl sites for hydroxylation is 1. The molecule has 0 unspecified atom stereocenters. The number of rotatable bonds is 4. The average Bonchev–Trinajstić information content (AvgIpc) is 3.12. The second-order valence-corrected chi connectivity index (χ2v) is 6.54. The molecule has 2 heterocycles. The van der Waals surface area contributed by atoms with Crippen molar-refractivity contribution in [3.05, 3.63) is 27.6 Å². The van der Waals surface area contributed by atoms with Crippen LogP contribution >= 0.6 is 11.3 Å². The van der Waals surface area contributed by atoms with Gasteiger partial charge < -0.3 is 5.32 Å². The zero-order valence-corrected chi connectivity index (χ0v) is 12.9. The van der Waals surface area contributed by atoms with Gasteiger partial charge in [-0.3, -0.25) is 14.0 Å². The highest BCUT2D eigenvalue weighted by Gasteiger charge is 2.18. The molecule has 0 saturated heterocycles. The van der Waals surface area contributed by atoms with E-state index >= 15 is 0 Å². The Kier molecular flexibility index (Phi) is 4.05. The maximum atomic E-state index is 12.3. The second-order valence-electron chi connectivity index (χ2n) is 5.67. The Morgan fingerprint density at radius 2 is 2.24 bits per heavy atom. The first kappa shape index (κ1) is 14.3. The van der Waals surface area contributed by atoms with Gasteiger partial charge in [-0.1, -0.05) is 25.7 Å². The van der Waals surface area contributed by atoms with Crippen LogP contribution in [-0.4, -0.2) is 15.3 Å². The molecule has 21 heavy (non-hydrogen) atoms. The van der Waals surface area contributed by atoms with Gasteiger partial charge in [0.05, 0.1) is 5.69 Å². The third-order valence-corrected chi connectivity index (χ3v) is 4.92. The summed E-state index contributed by atoms with van der Waals surface area (Å²) in [5, 5.41) is 4.57. The van der Waals surface area contributed by atoms with E-state index in [1.165, 1.54) is 41.4 Å². The normalized spacial score (nSPS) is 15.7. The average molecular weight is 305 g/mol. The largest absolute Gasteiger partial charge is 0.320 e. The van der Waals surface area contributed by atoms with Crippen LogP contribution in [0.1, 0.15) is 44.2 Å². The number of aromatic nitrogens is 2. The van der Waals surface area contributed by atoms with Crippen LogP contribution < -0.4 is 10.9 Å². The van der Waals surface area contributed by atoms with Crippen molar-refractivity contribution in [2.75, 3.05) is 5.32 Å². The van der Waals surface area contributed by atoms with E-state index in [1.807, 2.05) is 5.38 Å². The lowest BCUT2D eigenvalue weighted by Crippen LogP contribution is -2.24. The lowest BCUT2D eigenvalue weighted by Gasteiger charge is -2.10. The molecule has 0 aromatic carbocycles. The molecule has 1 aliphatic carbocycles. The summed E-state index contributed by atoms with van der Waals surface area (Å²) >= 11 is 1.41. The summed E-state index contributed by atoms with van der Waals surface area (Å²) in [6.45, 7) is 1.76. The molecule has 0 aliphatic heterocycles. The highest BCUT2D eigenvalue weighted by molar-refractivity contribution is 7.15. The summed E-state index contributed by atoms with van der Waals surface area (Å²) in [7, 11) is 0. The van der Waals surface area contributed by atoms with Crippen LogP contribution in [0, 0.1) is 12.8 Å². The molecule has 112 valence electrons. The summed E-state index contributed by atoms with van der Waals surface area (Å²) in [5.41, 5.74) is 0.687. The van der Waals surface area contributed by atoms with E-state index in [4.69, 9.17) is 0 Å². The summed E-state index contributed by atoms with van der Waals surface area (Å²) < 4.78 is 1.48. The molecule has 0 bridgehead atoms. The Labute approximate surface area is 127 Å². The van der Waals surface area contributed by atoms with E-state index in [-0.39, 0.29) is 11.5 Å². The number of hydrogen-bond donors (Lipinski definition) is 1. The number of carbonyl (C=O) groups is 1. The van der Waals surface area contributed by atoms with Gasteiger partial charge in [0, 0.05) is 18.0 Å². The number of nitrogens with zero attached hydrogens (tertiary/aromatic N) is 2. The highest BCUT2D eigenvalue weighted by atomic mass is 32.1. The monoisotopic (exact) mass is 305 g/mol. The number of nitrogens with one attached hydrogen (secondary N) is 1. The Balaban J connectivity index is 1.71. The second kappa shape index (κ2) is 5.97. The van der Waals surface area contributed by atoms with Gasteiger partial charge in [-0.05, 0) is 19.3 Å². The zero-order valence-electron chi connectivity index (χ0n) is 12.1. The highest BCUT2D eigenvalue weighted by Crippen LogP contribution is 2.28. The third-order valence-electron chi connectivity index (χ3n) is 4.17. The fourth-order valence-electron chi connectivity index (χ4n) is 2.96. The van der Waals surface area contributed by atoms with Gasteiger partial charge in [0.2, 0.25) is 5.91 Å². The first-order valence-electron chi connectivity index (χ1n) is 7.41. The van der Waals surface area contributed by atoms with Crippen molar-refractivity contribution >= 4 is 27.9 Å². The molecule has 1 saturated carbocycles. The molecule has 0 atom stereocenters. The van der Waals surface area contributed by atoms with Crippen LogP contribution in [0.15, 0.2) is 16.4 Å². The van der Waals surface area contributed by atoms with Crippen molar-refractivity contribution in [3.63, 3.8) is 0 Å². The summed E-state index contributed by atoms with van der Waals surface area (Å²) in [4.78, 5) is 29.4. The van der Waals surface area contributed by atoms with Crippen molar-refractivity contribution in [1.82, 2.24) is 9.38 Å². The minimum atomic E-state index is -0.201. The van der Waals surface area contributed by atoms with Gasteiger partial charge in [0.1, 0.15) is 5.69 Å². The van der Waals surface area contributed by atoms with Crippen LogP contribution in [0.2, 0.25) is 0 Å². The fourth-order valence-corrected chi connectivity index (χ4v) is 3.71. The van der Waals surface area contributed by atoms with Crippen molar-refractivity contribution in [3.8, 4) is 0 Å². The summed E-state index contributed by atoms with van der Waals surface area (Å²) in [6, 6.07) is 0. The minimum Gasteiger partial charge on any atom is -0.320 e. The van der Waals surface area contributed by atoms with E-state index in [0.717, 1.165) is 6.42 Å². The number of carbonyl (C=O) groups excluding carboxylic acids is 1. The standard InChI is InChI=1S/C15H19N3O2S/c1-10-13(14(20)18-8-9-21-15(18)16-10)17-12(19)7-6-11-4-2-3-5-11/h8-9,11H,2-7H2,1H3,(H,17,19). The summed E-state index contributed by atoms with van der Waals surface area (Å²) in [6.07, 6.45) is 8.12. The van der Waals surface area contributed by atoms with Crippen molar-refractivity contribution in [2.24, 2.45) is 5.92 Å². The molecule has 0 radical (unpaired) electrons.